The maximum Gasteiger partial charge on any atom is 0.321 e. The Morgan fingerprint density at radius 1 is 1.60 bits per heavy atom. The number of nitrogens with zero attached hydrogens (tertiary/aromatic N) is 1. The van der Waals surface area contributed by atoms with Crippen LogP contribution in [0.2, 0.25) is 0 Å². The molecule has 0 spiro atoms. The van der Waals surface area contributed by atoms with Crippen LogP contribution in [-0.4, -0.2) is 38.4 Å². The van der Waals surface area contributed by atoms with Crippen molar-refractivity contribution in [1.82, 2.24) is 4.31 Å². The number of carbonyl (C=O) groups is 1. The van der Waals surface area contributed by atoms with E-state index in [0.717, 1.165) is 25.0 Å². The van der Waals surface area contributed by atoms with Crippen molar-refractivity contribution in [2.24, 2.45) is 0 Å². The molecule has 0 fully saturated rings. The van der Waals surface area contributed by atoms with Crippen molar-refractivity contribution in [1.29, 1.82) is 0 Å². The number of carbonyl (C=O) groups excluding carboxylic acids is 1. The Morgan fingerprint density at radius 2 is 2.25 bits per heavy atom. The molecule has 0 unspecified atom stereocenters. The number of aryl methyl sites for hydroxylation is 1. The SMILES string of the molecule is C=CCN(CC(=O)OCC)S(=O)(=O)c1cc(C)c(Br)s1. The van der Waals surface area contributed by atoms with E-state index >= 15 is 0 Å². The minimum Gasteiger partial charge on any atom is -0.465 e. The second-order valence-corrected chi connectivity index (χ2v) is 8.45. The molecule has 0 aliphatic carbocycles. The average molecular weight is 382 g/mol. The molecular formula is C12H16BrNO4S2. The molecule has 5 nitrogen and oxygen atoms in total. The zero-order valence-corrected chi connectivity index (χ0v) is 14.5. The van der Waals surface area contributed by atoms with Crippen LogP contribution in [0.5, 0.6) is 0 Å². The molecule has 0 saturated carbocycles. The highest BCUT2D eigenvalue weighted by atomic mass is 79.9. The Labute approximate surface area is 131 Å². The molecule has 0 radical (unpaired) electrons. The molecule has 1 aromatic heterocycles. The van der Waals surface area contributed by atoms with Gasteiger partial charge in [0.2, 0.25) is 0 Å². The van der Waals surface area contributed by atoms with Gasteiger partial charge < -0.3 is 4.74 Å². The summed E-state index contributed by atoms with van der Waals surface area (Å²) in [4.78, 5) is 11.5. The third-order valence-electron chi connectivity index (χ3n) is 2.37. The van der Waals surface area contributed by atoms with Gasteiger partial charge in [0.1, 0.15) is 10.8 Å². The first-order valence-electron chi connectivity index (χ1n) is 5.85. The fourth-order valence-corrected chi connectivity index (χ4v) is 5.16. The highest BCUT2D eigenvalue weighted by Gasteiger charge is 2.28. The first-order chi connectivity index (χ1) is 9.32. The van der Waals surface area contributed by atoms with Crippen LogP contribution in [0, 0.1) is 6.92 Å². The van der Waals surface area contributed by atoms with Crippen molar-refractivity contribution in [3.63, 3.8) is 0 Å². The largest absolute Gasteiger partial charge is 0.465 e. The zero-order valence-electron chi connectivity index (χ0n) is 11.3. The molecule has 0 N–H and O–H groups in total. The Kier molecular flexibility index (Phi) is 6.38. The smallest absolute Gasteiger partial charge is 0.321 e. The highest BCUT2D eigenvalue weighted by molar-refractivity contribution is 9.11. The Hall–Kier alpha value is -0.700. The van der Waals surface area contributed by atoms with Gasteiger partial charge in [0, 0.05) is 6.54 Å². The Bertz CT molecular complexity index is 575. The summed E-state index contributed by atoms with van der Waals surface area (Å²) < 4.78 is 31.8. The van der Waals surface area contributed by atoms with Crippen LogP contribution in [0.3, 0.4) is 0 Å². The normalized spacial score (nSPS) is 11.6. The summed E-state index contributed by atoms with van der Waals surface area (Å²) in [7, 11) is -3.73. The third kappa shape index (κ3) is 4.15. The van der Waals surface area contributed by atoms with E-state index in [0.29, 0.717) is 0 Å². The first-order valence-corrected chi connectivity index (χ1v) is 8.90. The maximum atomic E-state index is 12.5. The summed E-state index contributed by atoms with van der Waals surface area (Å²) in [6.07, 6.45) is 1.44. The van der Waals surface area contributed by atoms with Crippen LogP contribution in [-0.2, 0) is 19.6 Å². The molecule has 8 heteroatoms. The number of halogens is 1. The van der Waals surface area contributed by atoms with Crippen molar-refractivity contribution in [3.05, 3.63) is 28.1 Å². The number of thiophene rings is 1. The lowest BCUT2D eigenvalue weighted by Gasteiger charge is -2.18. The van der Waals surface area contributed by atoms with Crippen molar-refractivity contribution in [2.45, 2.75) is 18.1 Å². The third-order valence-corrected chi connectivity index (χ3v) is 6.77. The van der Waals surface area contributed by atoms with Gasteiger partial charge in [-0.15, -0.1) is 17.9 Å². The van der Waals surface area contributed by atoms with Crippen molar-refractivity contribution < 1.29 is 17.9 Å². The van der Waals surface area contributed by atoms with Crippen molar-refractivity contribution in [3.8, 4) is 0 Å². The fourth-order valence-electron chi connectivity index (χ4n) is 1.43. The van der Waals surface area contributed by atoms with E-state index in [-0.39, 0.29) is 23.9 Å². The van der Waals surface area contributed by atoms with Crippen molar-refractivity contribution >= 4 is 43.3 Å². The van der Waals surface area contributed by atoms with Gasteiger partial charge in [-0.2, -0.15) is 4.31 Å². The van der Waals surface area contributed by atoms with Gasteiger partial charge in [-0.3, -0.25) is 4.79 Å². The molecule has 0 aromatic carbocycles. The quantitative estimate of drug-likeness (QED) is 0.537. The second-order valence-electron chi connectivity index (χ2n) is 3.91. The maximum absolute atomic E-state index is 12.5. The summed E-state index contributed by atoms with van der Waals surface area (Å²) in [5.41, 5.74) is 0.836. The molecule has 0 amide bonds. The fraction of sp³-hybridized carbons (Fsp3) is 0.417. The van der Waals surface area contributed by atoms with Gasteiger partial charge in [-0.25, -0.2) is 8.42 Å². The summed E-state index contributed by atoms with van der Waals surface area (Å²) >= 11 is 4.41. The first kappa shape index (κ1) is 17.4. The average Bonchev–Trinajstić information content (AvgIpc) is 2.70. The molecule has 1 heterocycles. The second kappa shape index (κ2) is 7.35. The minimum atomic E-state index is -3.73. The molecule has 0 saturated heterocycles. The summed E-state index contributed by atoms with van der Waals surface area (Å²) in [5, 5.41) is 0. The molecule has 0 atom stereocenters. The van der Waals surface area contributed by atoms with E-state index in [1.54, 1.807) is 13.0 Å². The molecule has 0 aliphatic rings. The van der Waals surface area contributed by atoms with E-state index in [1.165, 1.54) is 6.08 Å². The van der Waals surface area contributed by atoms with Gasteiger partial charge in [0.05, 0.1) is 10.4 Å². The standard InChI is InChI=1S/C12H16BrNO4S2/c1-4-6-14(8-10(15)18-5-2)20(16,17)11-7-9(3)12(13)19-11/h4,7H,1,5-6,8H2,2-3H3. The molecule has 0 bridgehead atoms. The number of hydrogen-bond acceptors (Lipinski definition) is 5. The highest BCUT2D eigenvalue weighted by Crippen LogP contribution is 2.32. The molecule has 1 rings (SSSR count). The minimum absolute atomic E-state index is 0.0513. The van der Waals surface area contributed by atoms with Crippen LogP contribution in [0.4, 0.5) is 0 Å². The molecule has 1 aromatic rings. The molecule has 20 heavy (non-hydrogen) atoms. The number of rotatable bonds is 7. The molecular weight excluding hydrogens is 366 g/mol. The lowest BCUT2D eigenvalue weighted by molar-refractivity contribution is -0.143. The van der Waals surface area contributed by atoms with Crippen molar-refractivity contribution in [2.75, 3.05) is 19.7 Å². The van der Waals surface area contributed by atoms with Crippen LogP contribution >= 0.6 is 27.3 Å². The summed E-state index contributed by atoms with van der Waals surface area (Å²) in [5.74, 6) is -0.578. The van der Waals surface area contributed by atoms with Crippen LogP contribution in [0.15, 0.2) is 26.7 Å². The molecule has 112 valence electrons. The van der Waals surface area contributed by atoms with E-state index in [1.807, 2.05) is 6.92 Å². The Morgan fingerprint density at radius 3 is 2.70 bits per heavy atom. The zero-order chi connectivity index (χ0) is 15.3. The van der Waals surface area contributed by atoms with Gasteiger partial charge in [-0.1, -0.05) is 6.08 Å². The predicted octanol–water partition coefficient (Wildman–Crippen LogP) is 2.56. The predicted molar refractivity (Wildman–Crippen MR) is 82.3 cm³/mol. The lowest BCUT2D eigenvalue weighted by atomic mass is 10.4. The van der Waals surface area contributed by atoms with E-state index < -0.39 is 16.0 Å². The number of esters is 1. The van der Waals surface area contributed by atoms with E-state index in [9.17, 15) is 13.2 Å². The van der Waals surface area contributed by atoms with Crippen LogP contribution in [0.25, 0.3) is 0 Å². The van der Waals surface area contributed by atoms with E-state index in [4.69, 9.17) is 4.74 Å². The lowest BCUT2D eigenvalue weighted by Crippen LogP contribution is -2.36. The van der Waals surface area contributed by atoms with Crippen LogP contribution in [0.1, 0.15) is 12.5 Å². The molecule has 0 aliphatic heterocycles. The number of ether oxygens (including phenoxy) is 1. The van der Waals surface area contributed by atoms with Gasteiger partial charge in [0.15, 0.2) is 0 Å². The van der Waals surface area contributed by atoms with Gasteiger partial charge in [-0.05, 0) is 41.4 Å². The van der Waals surface area contributed by atoms with Gasteiger partial charge in [0.25, 0.3) is 10.0 Å². The van der Waals surface area contributed by atoms with Crippen LogP contribution < -0.4 is 0 Å². The monoisotopic (exact) mass is 381 g/mol. The van der Waals surface area contributed by atoms with Gasteiger partial charge >= 0.3 is 5.97 Å². The summed E-state index contributed by atoms with van der Waals surface area (Å²) in [6, 6.07) is 1.57. The topological polar surface area (TPSA) is 63.7 Å². The van der Waals surface area contributed by atoms with E-state index in [2.05, 4.69) is 22.5 Å². The Balaban J connectivity index is 3.05. The number of hydrogen-bond donors (Lipinski definition) is 0. The number of sulfonamides is 1. The summed E-state index contributed by atoms with van der Waals surface area (Å²) in [6.45, 7) is 6.94.